The van der Waals surface area contributed by atoms with Gasteiger partial charge in [0.15, 0.2) is 6.04 Å². The molecule has 1 fully saturated rings. The molecule has 1 saturated heterocycles. The van der Waals surface area contributed by atoms with Gasteiger partial charge in [-0.15, -0.1) is 0 Å². The molecule has 0 aromatic heterocycles. The highest BCUT2D eigenvalue weighted by Gasteiger charge is 2.33. The summed E-state index contributed by atoms with van der Waals surface area (Å²) in [6, 6.07) is 2.84. The Labute approximate surface area is 170 Å². The molecular weight excluding hydrogens is 379 g/mol. The molecule has 9 heteroatoms. The highest BCUT2D eigenvalue weighted by Crippen LogP contribution is 2.25. The van der Waals surface area contributed by atoms with Crippen LogP contribution < -0.4 is 16.0 Å². The Hall–Kier alpha value is -2.52. The van der Waals surface area contributed by atoms with Crippen LogP contribution in [0.4, 0.5) is 15.8 Å². The van der Waals surface area contributed by atoms with Gasteiger partial charge in [-0.25, -0.2) is 4.39 Å². The van der Waals surface area contributed by atoms with Crippen molar-refractivity contribution in [2.45, 2.75) is 33.7 Å². The van der Waals surface area contributed by atoms with Gasteiger partial charge < -0.3 is 20.7 Å². The van der Waals surface area contributed by atoms with E-state index in [1.54, 1.807) is 4.90 Å². The number of carbonyl (C=O) groups excluding carboxylic acids is 3. The van der Waals surface area contributed by atoms with Crippen LogP contribution in [-0.2, 0) is 19.1 Å². The SMILES string of the molecule is CCN(CC(C)(C)C)[C@H](C(N)=O)C(=O)Nc1ccc(N2CCOCC2=O)c(F)c1. The molecule has 1 aliphatic heterocycles. The molecule has 3 amide bonds. The third kappa shape index (κ3) is 5.98. The number of anilines is 2. The molecule has 0 spiro atoms. The van der Waals surface area contributed by atoms with Crippen LogP contribution in [0, 0.1) is 11.2 Å². The van der Waals surface area contributed by atoms with Gasteiger partial charge in [-0.3, -0.25) is 19.3 Å². The summed E-state index contributed by atoms with van der Waals surface area (Å²) in [4.78, 5) is 39.6. The van der Waals surface area contributed by atoms with Gasteiger partial charge in [0.05, 0.1) is 12.3 Å². The van der Waals surface area contributed by atoms with Crippen molar-refractivity contribution in [3.05, 3.63) is 24.0 Å². The normalized spacial score (nSPS) is 16.1. The van der Waals surface area contributed by atoms with Crippen molar-refractivity contribution >= 4 is 29.1 Å². The Morgan fingerprint density at radius 2 is 2.07 bits per heavy atom. The number of morpholine rings is 1. The first-order chi connectivity index (χ1) is 13.5. The number of rotatable bonds is 7. The number of halogens is 1. The number of ether oxygens (including phenoxy) is 1. The third-order valence-corrected chi connectivity index (χ3v) is 4.46. The molecule has 1 aliphatic rings. The Kier molecular flexibility index (Phi) is 7.32. The average Bonchev–Trinajstić information content (AvgIpc) is 2.60. The summed E-state index contributed by atoms with van der Waals surface area (Å²) in [7, 11) is 0. The highest BCUT2D eigenvalue weighted by atomic mass is 19.1. The Balaban J connectivity index is 2.18. The maximum absolute atomic E-state index is 14.6. The summed E-state index contributed by atoms with van der Waals surface area (Å²) in [6.45, 7) is 9.23. The number of nitrogens with zero attached hydrogens (tertiary/aromatic N) is 2. The lowest BCUT2D eigenvalue weighted by Crippen LogP contribution is -2.54. The Morgan fingerprint density at radius 1 is 1.38 bits per heavy atom. The summed E-state index contributed by atoms with van der Waals surface area (Å²) in [6.07, 6.45) is 0. The molecule has 1 aromatic carbocycles. The van der Waals surface area contributed by atoms with Crippen LogP contribution in [0.2, 0.25) is 0 Å². The topological polar surface area (TPSA) is 105 Å². The lowest BCUT2D eigenvalue weighted by molar-refractivity contribution is -0.133. The fourth-order valence-electron chi connectivity index (χ4n) is 3.26. The van der Waals surface area contributed by atoms with Crippen LogP contribution >= 0.6 is 0 Å². The first-order valence-corrected chi connectivity index (χ1v) is 9.55. The van der Waals surface area contributed by atoms with Crippen molar-refractivity contribution in [1.29, 1.82) is 0 Å². The van der Waals surface area contributed by atoms with E-state index in [0.717, 1.165) is 6.07 Å². The standard InChI is InChI=1S/C20H29FN4O4/c1-5-24(12-20(2,3)4)17(18(22)27)19(28)23-13-6-7-15(14(21)10-13)25-8-9-29-11-16(25)26/h6-7,10,17H,5,8-9,11-12H2,1-4H3,(H2,22,27)(H,23,28)/t17-/m1/s1. The number of hydrogen-bond acceptors (Lipinski definition) is 5. The van der Waals surface area contributed by atoms with Crippen LogP contribution in [0.3, 0.4) is 0 Å². The summed E-state index contributed by atoms with van der Waals surface area (Å²) in [5.41, 5.74) is 5.62. The van der Waals surface area contributed by atoms with Crippen molar-refractivity contribution in [2.24, 2.45) is 11.1 Å². The number of likely N-dealkylation sites (N-methyl/N-ethyl adjacent to an activating group) is 1. The van der Waals surface area contributed by atoms with Crippen LogP contribution in [0.25, 0.3) is 0 Å². The van der Waals surface area contributed by atoms with E-state index in [1.807, 2.05) is 27.7 Å². The second kappa shape index (κ2) is 9.32. The summed E-state index contributed by atoms with van der Waals surface area (Å²) < 4.78 is 19.6. The maximum Gasteiger partial charge on any atom is 0.253 e. The molecule has 0 radical (unpaired) electrons. The second-order valence-corrected chi connectivity index (χ2v) is 8.18. The van der Waals surface area contributed by atoms with Gasteiger partial charge in [-0.05, 0) is 30.2 Å². The lowest BCUT2D eigenvalue weighted by Gasteiger charge is -2.33. The molecule has 0 aliphatic carbocycles. The fraction of sp³-hybridized carbons (Fsp3) is 0.550. The molecule has 0 saturated carbocycles. The molecule has 8 nitrogen and oxygen atoms in total. The van der Waals surface area contributed by atoms with Gasteiger partial charge in [0, 0.05) is 18.8 Å². The summed E-state index contributed by atoms with van der Waals surface area (Å²) in [5.74, 6) is -2.39. The van der Waals surface area contributed by atoms with E-state index in [9.17, 15) is 18.8 Å². The van der Waals surface area contributed by atoms with Crippen molar-refractivity contribution in [3.8, 4) is 0 Å². The van der Waals surface area contributed by atoms with Gasteiger partial charge >= 0.3 is 0 Å². The molecule has 29 heavy (non-hydrogen) atoms. The minimum Gasteiger partial charge on any atom is -0.370 e. The van der Waals surface area contributed by atoms with E-state index >= 15 is 0 Å². The maximum atomic E-state index is 14.6. The molecule has 160 valence electrons. The average molecular weight is 408 g/mol. The molecule has 0 unspecified atom stereocenters. The van der Waals surface area contributed by atoms with E-state index in [2.05, 4.69) is 5.32 Å². The first-order valence-electron chi connectivity index (χ1n) is 9.55. The lowest BCUT2D eigenvalue weighted by atomic mass is 9.95. The minimum absolute atomic E-state index is 0.0984. The van der Waals surface area contributed by atoms with Crippen molar-refractivity contribution in [2.75, 3.05) is 43.1 Å². The Morgan fingerprint density at radius 3 is 2.59 bits per heavy atom. The summed E-state index contributed by atoms with van der Waals surface area (Å²) >= 11 is 0. The third-order valence-electron chi connectivity index (χ3n) is 4.46. The van der Waals surface area contributed by atoms with Crippen molar-refractivity contribution < 1.29 is 23.5 Å². The summed E-state index contributed by atoms with van der Waals surface area (Å²) in [5, 5.41) is 2.56. The van der Waals surface area contributed by atoms with Gasteiger partial charge in [-0.2, -0.15) is 0 Å². The number of nitrogens with one attached hydrogen (secondary N) is 1. The number of hydrogen-bond donors (Lipinski definition) is 2. The molecule has 2 rings (SSSR count). The number of primary amides is 1. The molecule has 1 atom stereocenters. The number of nitrogens with two attached hydrogens (primary N) is 1. The van der Waals surface area contributed by atoms with Gasteiger partial charge in [-0.1, -0.05) is 27.7 Å². The number of carbonyl (C=O) groups is 3. The molecule has 1 heterocycles. The first kappa shape index (κ1) is 22.8. The zero-order chi connectivity index (χ0) is 21.8. The van der Waals surface area contributed by atoms with Crippen molar-refractivity contribution in [3.63, 3.8) is 0 Å². The monoisotopic (exact) mass is 408 g/mol. The molecular formula is C20H29FN4O4. The molecule has 3 N–H and O–H groups in total. The smallest absolute Gasteiger partial charge is 0.253 e. The van der Waals surface area contributed by atoms with Crippen LogP contribution in [0.1, 0.15) is 27.7 Å². The zero-order valence-electron chi connectivity index (χ0n) is 17.3. The van der Waals surface area contributed by atoms with E-state index < -0.39 is 23.7 Å². The van der Waals surface area contributed by atoms with Crippen LogP contribution in [0.5, 0.6) is 0 Å². The fourth-order valence-corrected chi connectivity index (χ4v) is 3.26. The van der Waals surface area contributed by atoms with Gasteiger partial charge in [0.25, 0.3) is 11.8 Å². The van der Waals surface area contributed by atoms with Gasteiger partial charge in [0.2, 0.25) is 5.91 Å². The molecule has 1 aromatic rings. The highest BCUT2D eigenvalue weighted by molar-refractivity contribution is 6.09. The number of benzene rings is 1. The predicted molar refractivity (Wildman–Crippen MR) is 108 cm³/mol. The Bertz CT molecular complexity index is 778. The van der Waals surface area contributed by atoms with Crippen LogP contribution in [0.15, 0.2) is 18.2 Å². The largest absolute Gasteiger partial charge is 0.370 e. The predicted octanol–water partition coefficient (Wildman–Crippen LogP) is 1.35. The quantitative estimate of drug-likeness (QED) is 0.663. The molecule has 0 bridgehead atoms. The van der Waals surface area contributed by atoms with Crippen LogP contribution in [-0.4, -0.2) is 61.5 Å². The van der Waals surface area contributed by atoms with E-state index in [0.29, 0.717) is 19.7 Å². The zero-order valence-corrected chi connectivity index (χ0v) is 17.3. The van der Waals surface area contributed by atoms with E-state index in [-0.39, 0.29) is 35.8 Å². The second-order valence-electron chi connectivity index (χ2n) is 8.18. The number of amides is 3. The van der Waals surface area contributed by atoms with E-state index in [1.165, 1.54) is 17.0 Å². The van der Waals surface area contributed by atoms with Crippen molar-refractivity contribution in [1.82, 2.24) is 4.90 Å². The minimum atomic E-state index is -1.18. The van der Waals surface area contributed by atoms with Gasteiger partial charge in [0.1, 0.15) is 12.4 Å². The van der Waals surface area contributed by atoms with E-state index in [4.69, 9.17) is 10.5 Å².